The molecule has 1 aliphatic carbocycles. The lowest BCUT2D eigenvalue weighted by Gasteiger charge is -2.30. The highest BCUT2D eigenvalue weighted by molar-refractivity contribution is 4.74. The van der Waals surface area contributed by atoms with Gasteiger partial charge in [0.1, 0.15) is 0 Å². The number of rotatable bonds is 6. The highest BCUT2D eigenvalue weighted by Crippen LogP contribution is 2.35. The summed E-state index contributed by atoms with van der Waals surface area (Å²) in [6.07, 6.45) is 7.97. The molecule has 0 bridgehead atoms. The Morgan fingerprint density at radius 3 is 1.94 bits per heavy atom. The predicted octanol–water partition coefficient (Wildman–Crippen LogP) is 4.77. The summed E-state index contributed by atoms with van der Waals surface area (Å²) in [5, 5.41) is 0. The summed E-state index contributed by atoms with van der Waals surface area (Å²) >= 11 is 0. The normalized spacial score (nSPS) is 28.3. The van der Waals surface area contributed by atoms with E-state index in [-0.39, 0.29) is 6.61 Å². The molecule has 0 aromatic rings. The fourth-order valence-corrected chi connectivity index (χ4v) is 3.11. The van der Waals surface area contributed by atoms with Gasteiger partial charge in [0.25, 0.3) is 0 Å². The van der Waals surface area contributed by atoms with Gasteiger partial charge in [0.2, 0.25) is 0 Å². The van der Waals surface area contributed by atoms with Crippen molar-refractivity contribution < 1.29 is 9.47 Å². The van der Waals surface area contributed by atoms with Crippen LogP contribution in [0.4, 0.5) is 4.53 Å². The standard InChI is InChI=1S/C14H27FO/c1-11(2)8-13-4-6-14(7-5-13)9-12(3)10-16-15/h11-14H,4-10H2,1-3H3. The smallest absolute Gasteiger partial charge is 0.0901 e. The minimum absolute atomic E-state index is 0.270. The Bertz CT molecular complexity index is 174. The third-order valence-corrected chi connectivity index (χ3v) is 3.85. The van der Waals surface area contributed by atoms with Crippen LogP contribution in [0.15, 0.2) is 0 Å². The van der Waals surface area contributed by atoms with E-state index < -0.39 is 0 Å². The lowest BCUT2D eigenvalue weighted by atomic mass is 9.76. The first-order valence-corrected chi connectivity index (χ1v) is 6.85. The molecule has 96 valence electrons. The summed E-state index contributed by atoms with van der Waals surface area (Å²) in [6.45, 7) is 6.98. The lowest BCUT2D eigenvalue weighted by Crippen LogP contribution is -2.19. The van der Waals surface area contributed by atoms with E-state index in [1.54, 1.807) is 0 Å². The van der Waals surface area contributed by atoms with Crippen molar-refractivity contribution in [3.05, 3.63) is 0 Å². The van der Waals surface area contributed by atoms with Gasteiger partial charge >= 0.3 is 0 Å². The number of hydrogen-bond donors (Lipinski definition) is 0. The molecule has 1 unspecified atom stereocenters. The fraction of sp³-hybridized carbons (Fsp3) is 1.00. The van der Waals surface area contributed by atoms with E-state index in [9.17, 15) is 4.53 Å². The van der Waals surface area contributed by atoms with E-state index in [2.05, 4.69) is 25.7 Å². The second kappa shape index (κ2) is 7.26. The fourth-order valence-electron chi connectivity index (χ4n) is 3.11. The van der Waals surface area contributed by atoms with Crippen LogP contribution in [-0.4, -0.2) is 6.61 Å². The SMILES string of the molecule is CC(C)CC1CCC(CC(C)COF)CC1. The van der Waals surface area contributed by atoms with E-state index in [0.29, 0.717) is 5.92 Å². The Morgan fingerprint density at radius 1 is 1.00 bits per heavy atom. The van der Waals surface area contributed by atoms with Gasteiger partial charge in [-0.1, -0.05) is 46.5 Å². The van der Waals surface area contributed by atoms with Crippen molar-refractivity contribution >= 4 is 0 Å². The van der Waals surface area contributed by atoms with Gasteiger partial charge in [-0.15, -0.1) is 0 Å². The molecule has 1 nitrogen and oxygen atoms in total. The van der Waals surface area contributed by atoms with Crippen molar-refractivity contribution in [3.63, 3.8) is 0 Å². The van der Waals surface area contributed by atoms with Crippen molar-refractivity contribution in [2.24, 2.45) is 23.7 Å². The van der Waals surface area contributed by atoms with Crippen molar-refractivity contribution in [2.75, 3.05) is 6.61 Å². The van der Waals surface area contributed by atoms with Crippen LogP contribution in [0.25, 0.3) is 0 Å². The van der Waals surface area contributed by atoms with Gasteiger partial charge in [0.05, 0.1) is 6.61 Å². The molecule has 1 atom stereocenters. The molecule has 0 aromatic carbocycles. The second-order valence-corrected chi connectivity index (χ2v) is 6.13. The number of halogens is 1. The van der Waals surface area contributed by atoms with Crippen LogP contribution in [0.2, 0.25) is 0 Å². The zero-order valence-electron chi connectivity index (χ0n) is 11.0. The molecule has 1 fully saturated rings. The zero-order valence-corrected chi connectivity index (χ0v) is 11.0. The topological polar surface area (TPSA) is 9.23 Å². The van der Waals surface area contributed by atoms with Crippen molar-refractivity contribution in [2.45, 2.75) is 59.3 Å². The zero-order chi connectivity index (χ0) is 12.0. The van der Waals surface area contributed by atoms with Crippen LogP contribution < -0.4 is 0 Å². The van der Waals surface area contributed by atoms with Gasteiger partial charge < -0.3 is 0 Å². The van der Waals surface area contributed by atoms with E-state index in [0.717, 1.165) is 24.2 Å². The predicted molar refractivity (Wildman–Crippen MR) is 65.7 cm³/mol. The van der Waals surface area contributed by atoms with Gasteiger partial charge in [0, 0.05) is 0 Å². The molecule has 0 saturated heterocycles. The summed E-state index contributed by atoms with van der Waals surface area (Å²) in [7, 11) is 0. The maximum absolute atomic E-state index is 11.7. The van der Waals surface area contributed by atoms with Gasteiger partial charge in [-0.2, -0.15) is 4.94 Å². The molecule has 2 heteroatoms. The van der Waals surface area contributed by atoms with E-state index in [1.165, 1.54) is 32.1 Å². The minimum atomic E-state index is 0.270. The van der Waals surface area contributed by atoms with Crippen molar-refractivity contribution in [1.82, 2.24) is 0 Å². The molecule has 1 saturated carbocycles. The first-order chi connectivity index (χ1) is 7.61. The molecular formula is C14H27FO. The van der Waals surface area contributed by atoms with E-state index in [4.69, 9.17) is 0 Å². The van der Waals surface area contributed by atoms with E-state index in [1.807, 2.05) is 0 Å². The molecular weight excluding hydrogens is 203 g/mol. The van der Waals surface area contributed by atoms with Crippen LogP contribution >= 0.6 is 0 Å². The van der Waals surface area contributed by atoms with Gasteiger partial charge in [-0.05, 0) is 41.0 Å². The molecule has 0 spiro atoms. The summed E-state index contributed by atoms with van der Waals surface area (Å²) in [5.41, 5.74) is 0. The molecule has 0 N–H and O–H groups in total. The molecule has 1 rings (SSSR count). The molecule has 0 radical (unpaired) electrons. The van der Waals surface area contributed by atoms with Crippen molar-refractivity contribution in [3.8, 4) is 0 Å². The van der Waals surface area contributed by atoms with Gasteiger partial charge in [0.15, 0.2) is 0 Å². The monoisotopic (exact) mass is 230 g/mol. The molecule has 0 amide bonds. The first kappa shape index (κ1) is 14.0. The third kappa shape index (κ3) is 5.29. The molecule has 1 aliphatic rings. The Labute approximate surface area is 99.7 Å². The molecule has 16 heavy (non-hydrogen) atoms. The van der Waals surface area contributed by atoms with E-state index >= 15 is 0 Å². The number of hydrogen-bond acceptors (Lipinski definition) is 1. The van der Waals surface area contributed by atoms with Crippen LogP contribution in [0.3, 0.4) is 0 Å². The Balaban J connectivity index is 2.16. The average Bonchev–Trinajstić information content (AvgIpc) is 2.20. The first-order valence-electron chi connectivity index (χ1n) is 6.85. The second-order valence-electron chi connectivity index (χ2n) is 6.13. The maximum Gasteiger partial charge on any atom is 0.0901 e. The summed E-state index contributed by atoms with van der Waals surface area (Å²) < 4.78 is 11.7. The van der Waals surface area contributed by atoms with Crippen LogP contribution in [0.5, 0.6) is 0 Å². The molecule has 0 aliphatic heterocycles. The molecule has 0 aromatic heterocycles. The Hall–Kier alpha value is -0.110. The largest absolute Gasteiger partial charge is 0.194 e. The van der Waals surface area contributed by atoms with Gasteiger partial charge in [-0.25, -0.2) is 0 Å². The van der Waals surface area contributed by atoms with Crippen LogP contribution in [0.1, 0.15) is 59.3 Å². The molecule has 0 heterocycles. The quantitative estimate of drug-likeness (QED) is 0.639. The highest BCUT2D eigenvalue weighted by atomic mass is 19.3. The van der Waals surface area contributed by atoms with Crippen LogP contribution in [0, 0.1) is 23.7 Å². The third-order valence-electron chi connectivity index (χ3n) is 3.85. The average molecular weight is 230 g/mol. The Kier molecular flexibility index (Phi) is 6.33. The lowest BCUT2D eigenvalue weighted by molar-refractivity contribution is -0.145. The minimum Gasteiger partial charge on any atom is -0.194 e. The summed E-state index contributed by atoms with van der Waals surface area (Å²) in [5.74, 6) is 2.97. The van der Waals surface area contributed by atoms with Crippen molar-refractivity contribution in [1.29, 1.82) is 0 Å². The van der Waals surface area contributed by atoms with Crippen LogP contribution in [-0.2, 0) is 4.94 Å². The summed E-state index contributed by atoms with van der Waals surface area (Å²) in [6, 6.07) is 0. The highest BCUT2D eigenvalue weighted by Gasteiger charge is 2.23. The maximum atomic E-state index is 11.7. The Morgan fingerprint density at radius 2 is 1.50 bits per heavy atom. The summed E-state index contributed by atoms with van der Waals surface area (Å²) in [4.78, 5) is 3.72. The van der Waals surface area contributed by atoms with Gasteiger partial charge in [-0.3, -0.25) is 0 Å².